The molecule has 1 atom stereocenters. The SMILES string of the molecule is Cc1ccc2c(c1)c1c3n2CCN(CC(=O)NN=Cc2cccc(Br)c2)C3CCC1. The summed E-state index contributed by atoms with van der Waals surface area (Å²) in [5.74, 6) is -0.0613. The number of fused-ring (bicyclic) bond motifs is 3. The molecular weight excluding hydrogens is 440 g/mol. The van der Waals surface area contributed by atoms with Gasteiger partial charge < -0.3 is 4.57 Å². The summed E-state index contributed by atoms with van der Waals surface area (Å²) in [6.45, 7) is 4.35. The van der Waals surface area contributed by atoms with Crippen molar-refractivity contribution >= 4 is 39.0 Å². The summed E-state index contributed by atoms with van der Waals surface area (Å²) in [5.41, 5.74) is 9.22. The molecule has 0 saturated heterocycles. The zero-order valence-corrected chi connectivity index (χ0v) is 18.7. The third-order valence-corrected chi connectivity index (χ3v) is 6.73. The van der Waals surface area contributed by atoms with Gasteiger partial charge >= 0.3 is 0 Å². The normalized spacial score (nSPS) is 18.7. The fourth-order valence-electron chi connectivity index (χ4n) is 4.97. The third kappa shape index (κ3) is 3.59. The molecule has 1 N–H and O–H groups in total. The lowest BCUT2D eigenvalue weighted by molar-refractivity contribution is -0.123. The minimum absolute atomic E-state index is 0.0613. The van der Waals surface area contributed by atoms with E-state index in [4.69, 9.17) is 0 Å². The zero-order valence-electron chi connectivity index (χ0n) is 17.1. The second-order valence-corrected chi connectivity index (χ2v) is 9.18. The zero-order chi connectivity index (χ0) is 20.7. The van der Waals surface area contributed by atoms with Crippen molar-refractivity contribution in [2.75, 3.05) is 13.1 Å². The van der Waals surface area contributed by atoms with E-state index in [0.717, 1.165) is 36.0 Å². The number of aryl methyl sites for hydroxylation is 2. The number of nitrogens with zero attached hydrogens (tertiary/aromatic N) is 3. The molecular formula is C24H25BrN4O. The van der Waals surface area contributed by atoms with E-state index in [1.807, 2.05) is 24.3 Å². The van der Waals surface area contributed by atoms with Gasteiger partial charge in [0.15, 0.2) is 0 Å². The molecule has 1 aliphatic heterocycles. The summed E-state index contributed by atoms with van der Waals surface area (Å²) in [7, 11) is 0. The molecule has 5 rings (SSSR count). The van der Waals surface area contributed by atoms with Gasteiger partial charge in [0.2, 0.25) is 0 Å². The van der Waals surface area contributed by atoms with Crippen LogP contribution >= 0.6 is 15.9 Å². The molecule has 1 aliphatic carbocycles. The highest BCUT2D eigenvalue weighted by Gasteiger charge is 2.35. The highest BCUT2D eigenvalue weighted by molar-refractivity contribution is 9.10. The van der Waals surface area contributed by atoms with Crippen molar-refractivity contribution in [3.8, 4) is 0 Å². The number of hydrogen-bond acceptors (Lipinski definition) is 3. The third-order valence-electron chi connectivity index (χ3n) is 6.24. The van der Waals surface area contributed by atoms with Crippen LogP contribution in [-0.2, 0) is 17.8 Å². The van der Waals surface area contributed by atoms with Crippen LogP contribution in [0.15, 0.2) is 52.0 Å². The van der Waals surface area contributed by atoms with Crippen LogP contribution in [-0.4, -0.2) is 34.7 Å². The molecule has 1 amide bonds. The van der Waals surface area contributed by atoms with Gasteiger partial charge in [0.05, 0.1) is 18.8 Å². The Bertz CT molecular complexity index is 1150. The molecule has 1 aromatic heterocycles. The predicted octanol–water partition coefficient (Wildman–Crippen LogP) is 4.56. The van der Waals surface area contributed by atoms with Crippen molar-refractivity contribution in [1.29, 1.82) is 0 Å². The number of rotatable bonds is 4. The van der Waals surface area contributed by atoms with Crippen LogP contribution in [0.1, 0.15) is 41.3 Å². The van der Waals surface area contributed by atoms with E-state index in [-0.39, 0.29) is 5.91 Å². The number of halogens is 1. The van der Waals surface area contributed by atoms with Crippen LogP contribution in [0.4, 0.5) is 0 Å². The molecule has 30 heavy (non-hydrogen) atoms. The average Bonchev–Trinajstić information content (AvgIpc) is 3.05. The molecule has 0 bridgehead atoms. The van der Waals surface area contributed by atoms with Crippen molar-refractivity contribution in [2.24, 2.45) is 5.10 Å². The van der Waals surface area contributed by atoms with Gasteiger partial charge in [-0.3, -0.25) is 9.69 Å². The van der Waals surface area contributed by atoms with Gasteiger partial charge in [-0.25, -0.2) is 5.43 Å². The number of aromatic nitrogens is 1. The molecule has 5 nitrogen and oxygen atoms in total. The summed E-state index contributed by atoms with van der Waals surface area (Å²) in [4.78, 5) is 14.9. The monoisotopic (exact) mass is 464 g/mol. The summed E-state index contributed by atoms with van der Waals surface area (Å²) < 4.78 is 3.48. The number of amides is 1. The van der Waals surface area contributed by atoms with E-state index in [0.29, 0.717) is 12.6 Å². The maximum atomic E-state index is 12.6. The Morgan fingerprint density at radius 1 is 1.27 bits per heavy atom. The fraction of sp³-hybridized carbons (Fsp3) is 0.333. The van der Waals surface area contributed by atoms with Gasteiger partial charge in [-0.15, -0.1) is 0 Å². The van der Waals surface area contributed by atoms with E-state index in [1.54, 1.807) is 6.21 Å². The van der Waals surface area contributed by atoms with Crippen molar-refractivity contribution in [3.63, 3.8) is 0 Å². The van der Waals surface area contributed by atoms with Crippen LogP contribution in [0.3, 0.4) is 0 Å². The van der Waals surface area contributed by atoms with Gasteiger partial charge in [-0.2, -0.15) is 5.10 Å². The van der Waals surface area contributed by atoms with Crippen molar-refractivity contribution in [1.82, 2.24) is 14.9 Å². The Kier molecular flexibility index (Phi) is 5.21. The van der Waals surface area contributed by atoms with Crippen molar-refractivity contribution in [2.45, 2.75) is 38.8 Å². The standard InChI is InChI=1S/C24H25BrN4O/c1-16-8-9-21-20(12-16)19-6-3-7-22-24(19)29(21)11-10-28(22)15-23(30)27-26-14-17-4-2-5-18(25)13-17/h2,4-5,8-9,12-14,22H,3,6-7,10-11,15H2,1H3,(H,27,30). The Hall–Kier alpha value is -2.44. The minimum Gasteiger partial charge on any atom is -0.342 e. The van der Waals surface area contributed by atoms with Crippen molar-refractivity contribution in [3.05, 3.63) is 69.3 Å². The molecule has 0 fully saturated rings. The van der Waals surface area contributed by atoms with Crippen LogP contribution in [0.25, 0.3) is 10.9 Å². The molecule has 2 aromatic carbocycles. The molecule has 3 aromatic rings. The van der Waals surface area contributed by atoms with E-state index in [9.17, 15) is 4.79 Å². The van der Waals surface area contributed by atoms with Gasteiger partial charge in [0, 0.05) is 34.2 Å². The molecule has 0 spiro atoms. The van der Waals surface area contributed by atoms with Crippen LogP contribution in [0.2, 0.25) is 0 Å². The lowest BCUT2D eigenvalue weighted by Gasteiger charge is -2.39. The summed E-state index contributed by atoms with van der Waals surface area (Å²) >= 11 is 3.45. The van der Waals surface area contributed by atoms with Crippen LogP contribution < -0.4 is 5.43 Å². The van der Waals surface area contributed by atoms with E-state index in [2.05, 4.69) is 61.0 Å². The van der Waals surface area contributed by atoms with Gasteiger partial charge in [0.1, 0.15) is 0 Å². The lowest BCUT2D eigenvalue weighted by atomic mass is 9.89. The Morgan fingerprint density at radius 2 is 2.17 bits per heavy atom. The number of carbonyl (C=O) groups excluding carboxylic acids is 1. The topological polar surface area (TPSA) is 49.6 Å². The summed E-state index contributed by atoms with van der Waals surface area (Å²) in [6, 6.07) is 14.9. The van der Waals surface area contributed by atoms with Gasteiger partial charge in [0.25, 0.3) is 5.91 Å². The van der Waals surface area contributed by atoms with Crippen LogP contribution in [0.5, 0.6) is 0 Å². The highest BCUT2D eigenvalue weighted by atomic mass is 79.9. The Labute approximate surface area is 184 Å². The van der Waals surface area contributed by atoms with E-state index >= 15 is 0 Å². The number of hydrogen-bond donors (Lipinski definition) is 1. The maximum Gasteiger partial charge on any atom is 0.254 e. The fourth-order valence-corrected chi connectivity index (χ4v) is 5.38. The number of hydrazone groups is 1. The number of benzene rings is 2. The molecule has 1 unspecified atom stereocenters. The van der Waals surface area contributed by atoms with Crippen molar-refractivity contribution < 1.29 is 4.79 Å². The van der Waals surface area contributed by atoms with E-state index in [1.165, 1.54) is 34.1 Å². The predicted molar refractivity (Wildman–Crippen MR) is 124 cm³/mol. The minimum atomic E-state index is -0.0613. The first-order valence-electron chi connectivity index (χ1n) is 10.5. The number of nitrogens with one attached hydrogen (secondary N) is 1. The number of carbonyl (C=O) groups is 1. The first kappa shape index (κ1) is 19.5. The van der Waals surface area contributed by atoms with Crippen LogP contribution in [0, 0.1) is 6.92 Å². The summed E-state index contributed by atoms with van der Waals surface area (Å²) in [5, 5.41) is 5.54. The summed E-state index contributed by atoms with van der Waals surface area (Å²) in [6.07, 6.45) is 5.09. The first-order valence-corrected chi connectivity index (χ1v) is 11.3. The smallest absolute Gasteiger partial charge is 0.254 e. The highest BCUT2D eigenvalue weighted by Crippen LogP contribution is 2.42. The second-order valence-electron chi connectivity index (χ2n) is 8.26. The quantitative estimate of drug-likeness (QED) is 0.454. The first-order chi connectivity index (χ1) is 14.6. The molecule has 2 heterocycles. The average molecular weight is 465 g/mol. The molecule has 2 aliphatic rings. The molecule has 6 heteroatoms. The maximum absolute atomic E-state index is 12.6. The molecule has 154 valence electrons. The second kappa shape index (κ2) is 8.00. The van der Waals surface area contributed by atoms with Gasteiger partial charge in [-0.05, 0) is 61.6 Å². The van der Waals surface area contributed by atoms with Gasteiger partial charge in [-0.1, -0.05) is 39.7 Å². The lowest BCUT2D eigenvalue weighted by Crippen LogP contribution is -2.44. The van der Waals surface area contributed by atoms with E-state index < -0.39 is 0 Å². The Morgan fingerprint density at radius 3 is 3.03 bits per heavy atom. The molecule has 0 saturated carbocycles. The molecule has 0 radical (unpaired) electrons. The largest absolute Gasteiger partial charge is 0.342 e. The Balaban J connectivity index is 1.33.